The highest BCUT2D eigenvalue weighted by Crippen LogP contribution is 2.38. The number of nitrogens with zero attached hydrogens (tertiary/aromatic N) is 2. The zero-order valence-corrected chi connectivity index (χ0v) is 14.4. The third-order valence-corrected chi connectivity index (χ3v) is 5.21. The normalized spacial score (nSPS) is 23.7. The number of nitrogens with one attached hydrogen (secondary N) is 1. The van der Waals surface area contributed by atoms with Crippen LogP contribution in [0.5, 0.6) is 0 Å². The second-order valence-corrected chi connectivity index (χ2v) is 6.68. The van der Waals surface area contributed by atoms with E-state index >= 15 is 0 Å². The molecule has 0 spiro atoms. The van der Waals surface area contributed by atoms with Crippen LogP contribution in [-0.2, 0) is 0 Å². The van der Waals surface area contributed by atoms with Gasteiger partial charge in [0.05, 0.1) is 6.04 Å². The summed E-state index contributed by atoms with van der Waals surface area (Å²) < 4.78 is 13.2. The van der Waals surface area contributed by atoms with Crippen molar-refractivity contribution in [1.82, 2.24) is 15.1 Å². The standard InChI is InChI=1S/C20H26FN3/c1-14-12-20(15(2)22-4)24(14)16(3)23-11-5-6-18(13-23)17-7-9-19(21)10-8-17/h7-10,18,20,22H,1-3,5-6,11-13H2,4H3. The molecule has 1 N–H and O–H groups in total. The number of hydrogen-bond acceptors (Lipinski definition) is 3. The first-order valence-electron chi connectivity index (χ1n) is 8.54. The molecule has 0 radical (unpaired) electrons. The number of halogens is 1. The summed E-state index contributed by atoms with van der Waals surface area (Å²) in [7, 11) is 1.90. The average molecular weight is 327 g/mol. The van der Waals surface area contributed by atoms with Gasteiger partial charge in [-0.05, 0) is 30.5 Å². The molecule has 0 amide bonds. The Morgan fingerprint density at radius 1 is 1.25 bits per heavy atom. The predicted octanol–water partition coefficient (Wildman–Crippen LogP) is 3.80. The maximum Gasteiger partial charge on any atom is 0.123 e. The number of piperidine rings is 1. The molecule has 2 aliphatic rings. The van der Waals surface area contributed by atoms with E-state index in [1.165, 1.54) is 5.56 Å². The SMILES string of the molecule is C=C(NC)C1CC(=C)N1C(=C)N1CCCC(c2ccc(F)cc2)C1. The van der Waals surface area contributed by atoms with E-state index in [9.17, 15) is 4.39 Å². The van der Waals surface area contributed by atoms with E-state index in [2.05, 4.69) is 34.9 Å². The van der Waals surface area contributed by atoms with Crippen molar-refractivity contribution >= 4 is 0 Å². The topological polar surface area (TPSA) is 18.5 Å². The minimum absolute atomic E-state index is 0.180. The number of likely N-dealkylation sites (tertiary alicyclic amines) is 2. The summed E-state index contributed by atoms with van der Waals surface area (Å²) >= 11 is 0. The molecule has 2 saturated heterocycles. The van der Waals surface area contributed by atoms with Crippen molar-refractivity contribution in [2.24, 2.45) is 0 Å². The lowest BCUT2D eigenvalue weighted by molar-refractivity contribution is 0.134. The third kappa shape index (κ3) is 3.05. The molecule has 24 heavy (non-hydrogen) atoms. The van der Waals surface area contributed by atoms with Gasteiger partial charge >= 0.3 is 0 Å². The molecule has 1 aromatic carbocycles. The summed E-state index contributed by atoms with van der Waals surface area (Å²) in [6, 6.07) is 7.14. The van der Waals surface area contributed by atoms with Crippen LogP contribution in [-0.4, -0.2) is 36.0 Å². The molecule has 1 aromatic rings. The van der Waals surface area contributed by atoms with Crippen LogP contribution < -0.4 is 5.32 Å². The van der Waals surface area contributed by atoms with Crippen molar-refractivity contribution in [2.45, 2.75) is 31.2 Å². The molecule has 2 fully saturated rings. The van der Waals surface area contributed by atoms with Gasteiger partial charge in [0.1, 0.15) is 11.6 Å². The van der Waals surface area contributed by atoms with Crippen LogP contribution in [0.4, 0.5) is 4.39 Å². The Labute approximate surface area is 144 Å². The monoisotopic (exact) mass is 327 g/mol. The summed E-state index contributed by atoms with van der Waals surface area (Å²) in [5, 5.41) is 3.14. The maximum absolute atomic E-state index is 13.2. The van der Waals surface area contributed by atoms with E-state index < -0.39 is 0 Å². The Kier molecular flexibility index (Phi) is 4.65. The fraction of sp³-hybridized carbons (Fsp3) is 0.400. The Bertz CT molecular complexity index is 649. The smallest absolute Gasteiger partial charge is 0.123 e. The molecule has 2 heterocycles. The first kappa shape index (κ1) is 16.6. The molecule has 2 unspecified atom stereocenters. The van der Waals surface area contributed by atoms with E-state index in [0.29, 0.717) is 5.92 Å². The van der Waals surface area contributed by atoms with Gasteiger partial charge in [-0.15, -0.1) is 0 Å². The van der Waals surface area contributed by atoms with Crippen LogP contribution in [0.15, 0.2) is 61.2 Å². The fourth-order valence-corrected chi connectivity index (χ4v) is 3.70. The fourth-order valence-electron chi connectivity index (χ4n) is 3.70. The Morgan fingerprint density at radius 2 is 1.96 bits per heavy atom. The largest absolute Gasteiger partial charge is 0.390 e. The molecule has 0 aliphatic carbocycles. The van der Waals surface area contributed by atoms with Crippen molar-refractivity contribution in [3.63, 3.8) is 0 Å². The van der Waals surface area contributed by atoms with Gasteiger partial charge in [-0.3, -0.25) is 0 Å². The van der Waals surface area contributed by atoms with E-state index in [4.69, 9.17) is 0 Å². The van der Waals surface area contributed by atoms with Crippen molar-refractivity contribution in [3.05, 3.63) is 72.6 Å². The van der Waals surface area contributed by atoms with Gasteiger partial charge in [-0.25, -0.2) is 4.39 Å². The van der Waals surface area contributed by atoms with Crippen molar-refractivity contribution < 1.29 is 4.39 Å². The summed E-state index contributed by atoms with van der Waals surface area (Å²) in [5.74, 6) is 1.23. The zero-order valence-electron chi connectivity index (χ0n) is 14.4. The van der Waals surface area contributed by atoms with Crippen LogP contribution in [0.1, 0.15) is 30.7 Å². The summed E-state index contributed by atoms with van der Waals surface area (Å²) in [6.45, 7) is 14.5. The second kappa shape index (κ2) is 6.71. The molecule has 2 atom stereocenters. The van der Waals surface area contributed by atoms with Crippen molar-refractivity contribution in [1.29, 1.82) is 0 Å². The second-order valence-electron chi connectivity index (χ2n) is 6.68. The maximum atomic E-state index is 13.2. The van der Waals surface area contributed by atoms with E-state index in [1.54, 1.807) is 12.1 Å². The molecule has 128 valence electrons. The van der Waals surface area contributed by atoms with Gasteiger partial charge in [0, 0.05) is 43.9 Å². The quantitative estimate of drug-likeness (QED) is 0.887. The molecule has 0 bridgehead atoms. The average Bonchev–Trinajstić information content (AvgIpc) is 2.59. The number of rotatable bonds is 5. The summed E-state index contributed by atoms with van der Waals surface area (Å²) in [5.41, 5.74) is 3.29. The van der Waals surface area contributed by atoms with Crippen molar-refractivity contribution in [3.8, 4) is 0 Å². The Hall–Kier alpha value is -2.23. The molecule has 2 aliphatic heterocycles. The number of benzene rings is 1. The van der Waals surface area contributed by atoms with Crippen molar-refractivity contribution in [2.75, 3.05) is 20.1 Å². The molecule has 4 heteroatoms. The van der Waals surface area contributed by atoms with Gasteiger partial charge in [0.15, 0.2) is 0 Å². The minimum atomic E-state index is -0.180. The van der Waals surface area contributed by atoms with E-state index in [-0.39, 0.29) is 11.9 Å². The molecule has 0 saturated carbocycles. The lowest BCUT2D eigenvalue weighted by Crippen LogP contribution is -2.52. The Morgan fingerprint density at radius 3 is 2.58 bits per heavy atom. The van der Waals surface area contributed by atoms with Gasteiger partial charge in [0.2, 0.25) is 0 Å². The van der Waals surface area contributed by atoms with Gasteiger partial charge in [-0.1, -0.05) is 31.9 Å². The van der Waals surface area contributed by atoms with Crippen LogP contribution in [0.25, 0.3) is 0 Å². The van der Waals surface area contributed by atoms with Crippen LogP contribution in [0.3, 0.4) is 0 Å². The van der Waals surface area contributed by atoms with Crippen LogP contribution in [0, 0.1) is 5.82 Å². The molecule has 3 rings (SSSR count). The Balaban J connectivity index is 1.70. The molecular weight excluding hydrogens is 301 g/mol. The predicted molar refractivity (Wildman–Crippen MR) is 96.7 cm³/mol. The van der Waals surface area contributed by atoms with Crippen LogP contribution >= 0.6 is 0 Å². The summed E-state index contributed by atoms with van der Waals surface area (Å²) in [6.07, 6.45) is 3.16. The summed E-state index contributed by atoms with van der Waals surface area (Å²) in [4.78, 5) is 4.52. The van der Waals surface area contributed by atoms with E-state index in [1.807, 2.05) is 19.2 Å². The number of likely N-dealkylation sites (N-methyl/N-ethyl adjacent to an activating group) is 1. The highest BCUT2D eigenvalue weighted by Gasteiger charge is 2.37. The van der Waals surface area contributed by atoms with Gasteiger partial charge in [-0.2, -0.15) is 0 Å². The van der Waals surface area contributed by atoms with E-state index in [0.717, 1.165) is 49.6 Å². The third-order valence-electron chi connectivity index (χ3n) is 5.21. The lowest BCUT2D eigenvalue weighted by Gasteiger charge is -2.50. The first-order chi connectivity index (χ1) is 11.5. The molecular formula is C20H26FN3. The zero-order chi connectivity index (χ0) is 17.3. The van der Waals surface area contributed by atoms with Gasteiger partial charge in [0.25, 0.3) is 0 Å². The first-order valence-corrected chi connectivity index (χ1v) is 8.54. The lowest BCUT2D eigenvalue weighted by atomic mass is 9.90. The van der Waals surface area contributed by atoms with Crippen LogP contribution in [0.2, 0.25) is 0 Å². The number of hydrogen-bond donors (Lipinski definition) is 1. The highest BCUT2D eigenvalue weighted by atomic mass is 19.1. The molecule has 0 aromatic heterocycles. The van der Waals surface area contributed by atoms with Gasteiger partial charge < -0.3 is 15.1 Å². The highest BCUT2D eigenvalue weighted by molar-refractivity contribution is 5.28. The minimum Gasteiger partial charge on any atom is -0.390 e. The molecule has 3 nitrogen and oxygen atoms in total.